The van der Waals surface area contributed by atoms with E-state index in [0.29, 0.717) is 10.0 Å². The number of thiazole rings is 1. The van der Waals surface area contributed by atoms with E-state index in [2.05, 4.69) is 4.98 Å². The number of benzene rings is 1. The van der Waals surface area contributed by atoms with Gasteiger partial charge in [-0.1, -0.05) is 11.8 Å². The topological polar surface area (TPSA) is 38.9 Å². The molecular weight excluding hydrogens is 238 g/mol. The smallest absolute Gasteiger partial charge is 0.248 e. The average Bonchev–Trinajstić information content (AvgIpc) is 2.56. The first kappa shape index (κ1) is 10.6. The van der Waals surface area contributed by atoms with Crippen LogP contribution in [0.5, 0.6) is 0 Å². The maximum Gasteiger partial charge on any atom is 0.248 e. The molecule has 0 atom stereocenters. The summed E-state index contributed by atoms with van der Waals surface area (Å²) in [5.74, 6) is -0.213. The molecule has 1 aromatic carbocycles. The Labute approximate surface area is 93.5 Å². The standard InChI is InChI=1S/C9H8F2N2S2/c10-8(11)4-14-9-13-6-2-1-5(12)3-7(6)15-9/h1-3,8H,4,12H2. The van der Waals surface area contributed by atoms with Crippen molar-refractivity contribution in [2.45, 2.75) is 10.8 Å². The van der Waals surface area contributed by atoms with E-state index in [1.165, 1.54) is 11.3 Å². The normalized spacial score (nSPS) is 11.4. The predicted molar refractivity (Wildman–Crippen MR) is 60.8 cm³/mol. The van der Waals surface area contributed by atoms with E-state index in [0.717, 1.165) is 22.0 Å². The van der Waals surface area contributed by atoms with Gasteiger partial charge in [-0.15, -0.1) is 11.3 Å². The molecule has 0 amide bonds. The summed E-state index contributed by atoms with van der Waals surface area (Å²) < 4.78 is 25.6. The Morgan fingerprint density at radius 2 is 2.27 bits per heavy atom. The first-order valence-electron chi connectivity index (χ1n) is 4.22. The third-order valence-corrected chi connectivity index (χ3v) is 3.90. The van der Waals surface area contributed by atoms with Crippen molar-refractivity contribution in [3.05, 3.63) is 18.2 Å². The molecule has 0 bridgehead atoms. The minimum Gasteiger partial charge on any atom is -0.399 e. The molecule has 0 aliphatic carbocycles. The van der Waals surface area contributed by atoms with Crippen molar-refractivity contribution in [3.8, 4) is 0 Å². The van der Waals surface area contributed by atoms with E-state index in [9.17, 15) is 8.78 Å². The molecule has 0 aliphatic rings. The van der Waals surface area contributed by atoms with Gasteiger partial charge in [-0.05, 0) is 18.2 Å². The highest BCUT2D eigenvalue weighted by Gasteiger charge is 2.08. The van der Waals surface area contributed by atoms with Crippen LogP contribution in [0.25, 0.3) is 10.2 Å². The van der Waals surface area contributed by atoms with Crippen molar-refractivity contribution < 1.29 is 8.78 Å². The molecule has 0 saturated heterocycles. The van der Waals surface area contributed by atoms with E-state index in [1.54, 1.807) is 18.2 Å². The third-order valence-electron chi connectivity index (χ3n) is 1.73. The summed E-state index contributed by atoms with van der Waals surface area (Å²) in [5.41, 5.74) is 7.08. The predicted octanol–water partition coefficient (Wildman–Crippen LogP) is 3.24. The Morgan fingerprint density at radius 1 is 1.47 bits per heavy atom. The van der Waals surface area contributed by atoms with E-state index >= 15 is 0 Å². The first-order chi connectivity index (χ1) is 7.15. The highest BCUT2D eigenvalue weighted by atomic mass is 32.2. The van der Waals surface area contributed by atoms with Crippen LogP contribution in [0.1, 0.15) is 0 Å². The number of nitrogens with zero attached hydrogens (tertiary/aromatic N) is 1. The number of aromatic nitrogens is 1. The fourth-order valence-electron chi connectivity index (χ4n) is 1.12. The molecule has 0 saturated carbocycles. The van der Waals surface area contributed by atoms with E-state index in [4.69, 9.17) is 5.73 Å². The fraction of sp³-hybridized carbons (Fsp3) is 0.222. The van der Waals surface area contributed by atoms with Crippen LogP contribution < -0.4 is 5.73 Å². The van der Waals surface area contributed by atoms with Crippen molar-refractivity contribution in [3.63, 3.8) is 0 Å². The van der Waals surface area contributed by atoms with Crippen LogP contribution in [0.15, 0.2) is 22.5 Å². The van der Waals surface area contributed by atoms with Crippen LogP contribution in [0, 0.1) is 0 Å². The zero-order valence-electron chi connectivity index (χ0n) is 7.61. The minimum atomic E-state index is -2.30. The number of thioether (sulfide) groups is 1. The molecule has 0 spiro atoms. The van der Waals surface area contributed by atoms with Crippen LogP contribution in [-0.2, 0) is 0 Å². The summed E-state index contributed by atoms with van der Waals surface area (Å²) in [6.07, 6.45) is -2.30. The molecule has 6 heteroatoms. The first-order valence-corrected chi connectivity index (χ1v) is 6.02. The molecule has 2 aromatic rings. The molecule has 0 radical (unpaired) electrons. The van der Waals surface area contributed by atoms with Crippen LogP contribution in [0.3, 0.4) is 0 Å². The van der Waals surface area contributed by atoms with Gasteiger partial charge in [0.25, 0.3) is 0 Å². The second-order valence-corrected chi connectivity index (χ2v) is 5.21. The second-order valence-electron chi connectivity index (χ2n) is 2.91. The Kier molecular flexibility index (Phi) is 3.06. The Morgan fingerprint density at radius 3 is 3.00 bits per heavy atom. The number of nitrogen functional groups attached to an aromatic ring is 1. The molecule has 2 rings (SSSR count). The SMILES string of the molecule is Nc1ccc2nc(SCC(F)F)sc2c1. The number of halogens is 2. The largest absolute Gasteiger partial charge is 0.399 e. The molecule has 80 valence electrons. The van der Waals surface area contributed by atoms with Crippen LogP contribution in [0.4, 0.5) is 14.5 Å². The van der Waals surface area contributed by atoms with E-state index < -0.39 is 6.43 Å². The third kappa shape index (κ3) is 2.57. The molecule has 15 heavy (non-hydrogen) atoms. The lowest BCUT2D eigenvalue weighted by Crippen LogP contribution is -1.92. The number of hydrogen-bond acceptors (Lipinski definition) is 4. The molecule has 0 fully saturated rings. The highest BCUT2D eigenvalue weighted by Crippen LogP contribution is 2.31. The van der Waals surface area contributed by atoms with Crippen molar-refractivity contribution in [2.75, 3.05) is 11.5 Å². The average molecular weight is 246 g/mol. The molecule has 0 unspecified atom stereocenters. The van der Waals surface area contributed by atoms with Gasteiger partial charge >= 0.3 is 0 Å². The number of fused-ring (bicyclic) bond motifs is 1. The molecule has 1 heterocycles. The molecule has 2 N–H and O–H groups in total. The van der Waals surface area contributed by atoms with Crippen molar-refractivity contribution in [1.82, 2.24) is 4.98 Å². The van der Waals surface area contributed by atoms with Gasteiger partial charge in [0.1, 0.15) is 0 Å². The van der Waals surface area contributed by atoms with Crippen LogP contribution >= 0.6 is 23.1 Å². The van der Waals surface area contributed by atoms with Gasteiger partial charge < -0.3 is 5.73 Å². The molecule has 0 aliphatic heterocycles. The highest BCUT2D eigenvalue weighted by molar-refractivity contribution is 8.01. The van der Waals surface area contributed by atoms with Gasteiger partial charge in [0.05, 0.1) is 16.0 Å². The van der Waals surface area contributed by atoms with Gasteiger partial charge in [-0.25, -0.2) is 13.8 Å². The Bertz CT molecular complexity index is 470. The minimum absolute atomic E-state index is 0.213. The quantitative estimate of drug-likeness (QED) is 0.667. The summed E-state index contributed by atoms with van der Waals surface area (Å²) in [6.45, 7) is 0. The lowest BCUT2D eigenvalue weighted by Gasteiger charge is -1.93. The number of rotatable bonds is 3. The summed E-state index contributed by atoms with van der Waals surface area (Å²) in [7, 11) is 0. The summed E-state index contributed by atoms with van der Waals surface area (Å²) in [5, 5.41) is 0. The number of nitrogens with two attached hydrogens (primary N) is 1. The zero-order chi connectivity index (χ0) is 10.8. The van der Waals surface area contributed by atoms with Gasteiger partial charge in [0.2, 0.25) is 6.43 Å². The van der Waals surface area contributed by atoms with Gasteiger partial charge in [-0.3, -0.25) is 0 Å². The van der Waals surface area contributed by atoms with Gasteiger partial charge in [-0.2, -0.15) is 0 Å². The maximum absolute atomic E-state index is 12.0. The maximum atomic E-state index is 12.0. The number of alkyl halides is 2. The molecule has 2 nitrogen and oxygen atoms in total. The summed E-state index contributed by atoms with van der Waals surface area (Å²) in [4.78, 5) is 4.22. The second kappa shape index (κ2) is 4.32. The Balaban J connectivity index is 2.23. The van der Waals surface area contributed by atoms with Crippen LogP contribution in [-0.4, -0.2) is 17.2 Å². The summed E-state index contributed by atoms with van der Waals surface area (Å²) >= 11 is 2.47. The van der Waals surface area contributed by atoms with Gasteiger partial charge in [0, 0.05) is 5.69 Å². The number of anilines is 1. The molecule has 1 aromatic heterocycles. The van der Waals surface area contributed by atoms with E-state index in [1.807, 2.05) is 0 Å². The van der Waals surface area contributed by atoms with Crippen molar-refractivity contribution in [1.29, 1.82) is 0 Å². The van der Waals surface area contributed by atoms with Crippen molar-refractivity contribution >= 4 is 39.0 Å². The fourth-order valence-corrected chi connectivity index (χ4v) is 3.00. The number of hydrogen-bond donors (Lipinski definition) is 1. The monoisotopic (exact) mass is 246 g/mol. The summed E-state index contributed by atoms with van der Waals surface area (Å²) in [6, 6.07) is 5.36. The van der Waals surface area contributed by atoms with Crippen molar-refractivity contribution in [2.24, 2.45) is 0 Å². The van der Waals surface area contributed by atoms with Gasteiger partial charge in [0.15, 0.2) is 4.34 Å². The molecular formula is C9H8F2N2S2. The Hall–Kier alpha value is -0.880. The van der Waals surface area contributed by atoms with Crippen LogP contribution in [0.2, 0.25) is 0 Å². The lowest BCUT2D eigenvalue weighted by atomic mass is 10.3. The zero-order valence-corrected chi connectivity index (χ0v) is 9.25. The lowest BCUT2D eigenvalue weighted by molar-refractivity contribution is 0.177. The van der Waals surface area contributed by atoms with E-state index in [-0.39, 0.29) is 5.75 Å².